The summed E-state index contributed by atoms with van der Waals surface area (Å²) in [5, 5.41) is 4.57. The molecule has 3 aromatic rings. The standard InChI is InChI=1S/C20H24N4O4S/c1-27-19-7-6-18(14-20(19)28-2)29(25,26)23-11-9-22(10-12-23)15-16-13-17-5-3-4-8-24(17)21-16/h3-8,13-14H,9-12,15H2,1-2H3. The van der Waals surface area contributed by atoms with Crippen molar-refractivity contribution in [2.75, 3.05) is 40.4 Å². The summed E-state index contributed by atoms with van der Waals surface area (Å²) in [6, 6.07) is 12.7. The second-order valence-corrected chi connectivity index (χ2v) is 8.84. The number of ether oxygens (including phenoxy) is 2. The van der Waals surface area contributed by atoms with Crippen LogP contribution in [0.4, 0.5) is 0 Å². The highest BCUT2D eigenvalue weighted by Gasteiger charge is 2.29. The van der Waals surface area contributed by atoms with E-state index in [-0.39, 0.29) is 4.90 Å². The van der Waals surface area contributed by atoms with E-state index in [0.717, 1.165) is 11.2 Å². The fraction of sp³-hybridized carbons (Fsp3) is 0.350. The minimum Gasteiger partial charge on any atom is -0.493 e. The molecule has 9 heteroatoms. The van der Waals surface area contributed by atoms with E-state index in [1.807, 2.05) is 28.9 Å². The number of hydrogen-bond donors (Lipinski definition) is 0. The van der Waals surface area contributed by atoms with Crippen LogP contribution in [0.1, 0.15) is 5.69 Å². The van der Waals surface area contributed by atoms with Gasteiger partial charge in [0.2, 0.25) is 10.0 Å². The molecule has 1 aliphatic rings. The Bertz CT molecular complexity index is 1070. The fourth-order valence-corrected chi connectivity index (χ4v) is 4.99. The first-order valence-corrected chi connectivity index (χ1v) is 10.8. The van der Waals surface area contributed by atoms with Crippen LogP contribution in [0, 0.1) is 0 Å². The molecule has 0 N–H and O–H groups in total. The van der Waals surface area contributed by atoms with Crippen molar-refractivity contribution in [3.8, 4) is 11.5 Å². The van der Waals surface area contributed by atoms with Crippen LogP contribution in [0.2, 0.25) is 0 Å². The molecule has 1 aromatic carbocycles. The molecule has 8 nitrogen and oxygen atoms in total. The molecule has 0 amide bonds. The smallest absolute Gasteiger partial charge is 0.243 e. The average molecular weight is 417 g/mol. The molecule has 0 spiro atoms. The van der Waals surface area contributed by atoms with Gasteiger partial charge in [-0.25, -0.2) is 12.9 Å². The predicted octanol–water partition coefficient (Wildman–Crippen LogP) is 1.86. The molecule has 2 aromatic heterocycles. The second-order valence-electron chi connectivity index (χ2n) is 6.90. The highest BCUT2D eigenvalue weighted by molar-refractivity contribution is 7.89. The molecule has 1 aliphatic heterocycles. The first kappa shape index (κ1) is 19.7. The Morgan fingerprint density at radius 3 is 2.41 bits per heavy atom. The molecule has 1 fully saturated rings. The summed E-state index contributed by atoms with van der Waals surface area (Å²) in [5.41, 5.74) is 2.03. The number of aromatic nitrogens is 2. The van der Waals surface area contributed by atoms with E-state index in [1.165, 1.54) is 24.6 Å². The summed E-state index contributed by atoms with van der Waals surface area (Å²) >= 11 is 0. The molecular formula is C20H24N4O4S. The molecule has 154 valence electrons. The van der Waals surface area contributed by atoms with Crippen molar-refractivity contribution in [1.82, 2.24) is 18.8 Å². The number of methoxy groups -OCH3 is 2. The van der Waals surface area contributed by atoms with Gasteiger partial charge in [-0.05, 0) is 30.3 Å². The number of benzene rings is 1. The zero-order chi connectivity index (χ0) is 20.4. The molecule has 29 heavy (non-hydrogen) atoms. The zero-order valence-corrected chi connectivity index (χ0v) is 17.3. The van der Waals surface area contributed by atoms with Crippen molar-refractivity contribution >= 4 is 15.5 Å². The van der Waals surface area contributed by atoms with Gasteiger partial charge >= 0.3 is 0 Å². The van der Waals surface area contributed by atoms with E-state index >= 15 is 0 Å². The largest absolute Gasteiger partial charge is 0.493 e. The first-order chi connectivity index (χ1) is 14.0. The minimum atomic E-state index is -3.59. The molecular weight excluding hydrogens is 392 g/mol. The van der Waals surface area contributed by atoms with Gasteiger partial charge < -0.3 is 9.47 Å². The van der Waals surface area contributed by atoms with Crippen LogP contribution in [0.15, 0.2) is 53.6 Å². The van der Waals surface area contributed by atoms with Gasteiger partial charge in [-0.1, -0.05) is 6.07 Å². The number of nitrogens with zero attached hydrogens (tertiary/aromatic N) is 4. The Hall–Kier alpha value is -2.62. The third-order valence-corrected chi connectivity index (χ3v) is 7.02. The van der Waals surface area contributed by atoms with Gasteiger partial charge in [0, 0.05) is 45.0 Å². The molecule has 1 saturated heterocycles. The Kier molecular flexibility index (Phi) is 5.44. The van der Waals surface area contributed by atoms with Gasteiger partial charge in [-0.15, -0.1) is 0 Å². The van der Waals surface area contributed by atoms with Crippen molar-refractivity contribution in [2.45, 2.75) is 11.4 Å². The van der Waals surface area contributed by atoms with Gasteiger partial charge in [0.1, 0.15) is 0 Å². The highest BCUT2D eigenvalue weighted by atomic mass is 32.2. The molecule has 0 aliphatic carbocycles. The average Bonchev–Trinajstić information content (AvgIpc) is 3.15. The third kappa shape index (κ3) is 3.93. The number of sulfonamides is 1. The predicted molar refractivity (Wildman–Crippen MR) is 109 cm³/mol. The van der Waals surface area contributed by atoms with Crippen LogP contribution >= 0.6 is 0 Å². The lowest BCUT2D eigenvalue weighted by atomic mass is 10.3. The number of piperazine rings is 1. The van der Waals surface area contributed by atoms with Crippen molar-refractivity contribution in [1.29, 1.82) is 0 Å². The first-order valence-electron chi connectivity index (χ1n) is 9.39. The van der Waals surface area contributed by atoms with E-state index in [4.69, 9.17) is 9.47 Å². The summed E-state index contributed by atoms with van der Waals surface area (Å²) in [4.78, 5) is 2.44. The molecule has 0 saturated carbocycles. The van der Waals surface area contributed by atoms with Crippen LogP contribution < -0.4 is 9.47 Å². The maximum Gasteiger partial charge on any atom is 0.243 e. The Morgan fingerprint density at radius 1 is 0.966 bits per heavy atom. The lowest BCUT2D eigenvalue weighted by molar-refractivity contribution is 0.180. The molecule has 3 heterocycles. The highest BCUT2D eigenvalue weighted by Crippen LogP contribution is 2.31. The molecule has 4 rings (SSSR count). The lowest BCUT2D eigenvalue weighted by Gasteiger charge is -2.33. The summed E-state index contributed by atoms with van der Waals surface area (Å²) in [5.74, 6) is 0.905. The topological polar surface area (TPSA) is 76.4 Å². The maximum atomic E-state index is 13.0. The van der Waals surface area contributed by atoms with Gasteiger partial charge in [0.25, 0.3) is 0 Å². The van der Waals surface area contributed by atoms with Gasteiger partial charge in [0.05, 0.1) is 30.3 Å². The summed E-state index contributed by atoms with van der Waals surface area (Å²) in [7, 11) is -0.570. The Balaban J connectivity index is 1.43. The van der Waals surface area contributed by atoms with E-state index in [9.17, 15) is 8.42 Å². The molecule has 0 radical (unpaired) electrons. The van der Waals surface area contributed by atoms with Crippen LogP contribution in [-0.4, -0.2) is 67.6 Å². The van der Waals surface area contributed by atoms with Gasteiger partial charge in [-0.2, -0.15) is 9.40 Å². The van der Waals surface area contributed by atoms with E-state index < -0.39 is 10.0 Å². The number of pyridine rings is 1. The molecule has 0 unspecified atom stereocenters. The second kappa shape index (κ2) is 8.02. The van der Waals surface area contributed by atoms with Crippen LogP contribution in [0.25, 0.3) is 5.52 Å². The van der Waals surface area contributed by atoms with Crippen molar-refractivity contribution in [3.63, 3.8) is 0 Å². The molecule has 0 atom stereocenters. The quantitative estimate of drug-likeness (QED) is 0.611. The number of rotatable bonds is 6. The van der Waals surface area contributed by atoms with E-state index in [1.54, 1.807) is 12.1 Å². The van der Waals surface area contributed by atoms with Crippen molar-refractivity contribution < 1.29 is 17.9 Å². The Labute approximate surface area is 170 Å². The van der Waals surface area contributed by atoms with Crippen molar-refractivity contribution in [2.24, 2.45) is 0 Å². The summed E-state index contributed by atoms with van der Waals surface area (Å²) in [6.07, 6.45) is 1.92. The third-order valence-electron chi connectivity index (χ3n) is 5.13. The van der Waals surface area contributed by atoms with Crippen LogP contribution in [0.3, 0.4) is 0 Å². The van der Waals surface area contributed by atoms with E-state index in [0.29, 0.717) is 44.2 Å². The maximum absolute atomic E-state index is 13.0. The summed E-state index contributed by atoms with van der Waals surface area (Å²) < 4.78 is 39.9. The zero-order valence-electron chi connectivity index (χ0n) is 16.5. The number of hydrogen-bond acceptors (Lipinski definition) is 6. The van der Waals surface area contributed by atoms with Gasteiger partial charge in [-0.3, -0.25) is 4.90 Å². The normalized spacial score (nSPS) is 16.2. The monoisotopic (exact) mass is 416 g/mol. The fourth-order valence-electron chi connectivity index (χ4n) is 3.55. The minimum absolute atomic E-state index is 0.212. The van der Waals surface area contributed by atoms with Crippen LogP contribution in [0.5, 0.6) is 11.5 Å². The number of fused-ring (bicyclic) bond motifs is 1. The molecule has 0 bridgehead atoms. The summed E-state index contributed by atoms with van der Waals surface area (Å²) in [6.45, 7) is 2.88. The van der Waals surface area contributed by atoms with Crippen molar-refractivity contribution in [3.05, 3.63) is 54.4 Å². The SMILES string of the molecule is COc1ccc(S(=O)(=O)N2CCN(Cc3cc4ccccn4n3)CC2)cc1OC. The van der Waals surface area contributed by atoms with Gasteiger partial charge in [0.15, 0.2) is 11.5 Å². The lowest BCUT2D eigenvalue weighted by Crippen LogP contribution is -2.48. The van der Waals surface area contributed by atoms with E-state index in [2.05, 4.69) is 16.1 Å². The van der Waals surface area contributed by atoms with Crippen LogP contribution in [-0.2, 0) is 16.6 Å². The Morgan fingerprint density at radius 2 is 1.72 bits per heavy atom.